The van der Waals surface area contributed by atoms with E-state index >= 15 is 0 Å². The van der Waals surface area contributed by atoms with Gasteiger partial charge < -0.3 is 14.8 Å². The summed E-state index contributed by atoms with van der Waals surface area (Å²) in [6, 6.07) is 9.62. The molecular formula is C20H23ClN2O3. The molecule has 0 fully saturated rings. The number of aryl methyl sites for hydroxylation is 1. The van der Waals surface area contributed by atoms with Gasteiger partial charge in [0, 0.05) is 13.1 Å². The Bertz CT molecular complexity index is 823. The number of ether oxygens (including phenoxy) is 2. The first kappa shape index (κ1) is 18.5. The van der Waals surface area contributed by atoms with Crippen molar-refractivity contribution in [2.75, 3.05) is 32.6 Å². The molecule has 1 heterocycles. The normalized spacial score (nSPS) is 13.8. The van der Waals surface area contributed by atoms with Crippen LogP contribution in [0.1, 0.15) is 16.7 Å². The molecule has 1 amide bonds. The molecule has 0 saturated heterocycles. The third-order valence-corrected chi connectivity index (χ3v) is 4.88. The standard InChI is InChI=1S/C20H23ClN2O3/c1-13-4-5-17(16(21)8-13)22-20(24)12-23-7-6-14-9-18(25-2)19(26-3)10-15(14)11-23/h4-5,8-10H,6-7,11-12H2,1-3H3,(H,22,24). The van der Waals surface area contributed by atoms with E-state index in [1.54, 1.807) is 14.2 Å². The van der Waals surface area contributed by atoms with Crippen LogP contribution in [0.3, 0.4) is 0 Å². The van der Waals surface area contributed by atoms with E-state index in [9.17, 15) is 4.79 Å². The maximum Gasteiger partial charge on any atom is 0.238 e. The van der Waals surface area contributed by atoms with E-state index in [1.165, 1.54) is 5.56 Å². The van der Waals surface area contributed by atoms with Crippen LogP contribution >= 0.6 is 11.6 Å². The van der Waals surface area contributed by atoms with Gasteiger partial charge in [0.05, 0.1) is 31.5 Å². The lowest BCUT2D eigenvalue weighted by molar-refractivity contribution is -0.117. The predicted octanol–water partition coefficient (Wildman–Crippen LogP) is 3.66. The van der Waals surface area contributed by atoms with Crippen molar-refractivity contribution in [2.45, 2.75) is 19.9 Å². The minimum atomic E-state index is -0.0697. The lowest BCUT2D eigenvalue weighted by Crippen LogP contribution is -2.37. The van der Waals surface area contributed by atoms with Crippen molar-refractivity contribution in [3.05, 3.63) is 52.0 Å². The fraction of sp³-hybridized carbons (Fsp3) is 0.350. The lowest BCUT2D eigenvalue weighted by Gasteiger charge is -2.29. The number of carbonyl (C=O) groups is 1. The van der Waals surface area contributed by atoms with Crippen LogP contribution in [0.25, 0.3) is 0 Å². The summed E-state index contributed by atoms with van der Waals surface area (Å²) in [5.41, 5.74) is 4.10. The molecule has 1 aliphatic heterocycles. The molecule has 3 rings (SSSR count). The minimum absolute atomic E-state index is 0.0697. The van der Waals surface area contributed by atoms with Gasteiger partial charge in [0.15, 0.2) is 11.5 Å². The molecule has 2 aromatic carbocycles. The summed E-state index contributed by atoms with van der Waals surface area (Å²) in [5, 5.41) is 3.45. The Kier molecular flexibility index (Phi) is 5.69. The number of methoxy groups -OCH3 is 2. The van der Waals surface area contributed by atoms with Crippen molar-refractivity contribution in [1.82, 2.24) is 4.90 Å². The van der Waals surface area contributed by atoms with Crippen LogP contribution in [-0.2, 0) is 17.8 Å². The van der Waals surface area contributed by atoms with E-state index in [1.807, 2.05) is 37.3 Å². The molecular weight excluding hydrogens is 352 g/mol. The van der Waals surface area contributed by atoms with Crippen LogP contribution < -0.4 is 14.8 Å². The number of anilines is 1. The van der Waals surface area contributed by atoms with E-state index in [0.717, 1.165) is 29.8 Å². The van der Waals surface area contributed by atoms with E-state index in [-0.39, 0.29) is 5.91 Å². The number of hydrogen-bond acceptors (Lipinski definition) is 4. The predicted molar refractivity (Wildman–Crippen MR) is 103 cm³/mol. The van der Waals surface area contributed by atoms with Crippen LogP contribution in [0, 0.1) is 6.92 Å². The number of nitrogens with zero attached hydrogens (tertiary/aromatic N) is 1. The summed E-state index contributed by atoms with van der Waals surface area (Å²) >= 11 is 6.19. The highest BCUT2D eigenvalue weighted by Gasteiger charge is 2.21. The Morgan fingerprint density at radius 2 is 1.85 bits per heavy atom. The van der Waals surface area contributed by atoms with Crippen LogP contribution in [0.5, 0.6) is 11.5 Å². The molecule has 0 aromatic heterocycles. The second-order valence-corrected chi connectivity index (χ2v) is 6.88. The molecule has 0 aliphatic carbocycles. The van der Waals surface area contributed by atoms with E-state index in [4.69, 9.17) is 21.1 Å². The quantitative estimate of drug-likeness (QED) is 0.867. The van der Waals surface area contributed by atoms with Gasteiger partial charge in [-0.3, -0.25) is 9.69 Å². The summed E-state index contributed by atoms with van der Waals surface area (Å²) < 4.78 is 10.7. The van der Waals surface area contributed by atoms with Crippen molar-refractivity contribution in [1.29, 1.82) is 0 Å². The van der Waals surface area contributed by atoms with Crippen LogP contribution in [-0.4, -0.2) is 38.1 Å². The highest BCUT2D eigenvalue weighted by atomic mass is 35.5. The molecule has 5 nitrogen and oxygen atoms in total. The summed E-state index contributed by atoms with van der Waals surface area (Å²) in [7, 11) is 3.27. The second kappa shape index (κ2) is 7.98. The molecule has 1 N–H and O–H groups in total. The number of amides is 1. The number of benzene rings is 2. The van der Waals surface area contributed by atoms with Gasteiger partial charge >= 0.3 is 0 Å². The number of nitrogens with one attached hydrogen (secondary N) is 1. The lowest BCUT2D eigenvalue weighted by atomic mass is 9.99. The first-order valence-electron chi connectivity index (χ1n) is 8.52. The van der Waals surface area contributed by atoms with E-state index < -0.39 is 0 Å². The SMILES string of the molecule is COc1cc2c(cc1OC)CN(CC(=O)Nc1ccc(C)cc1Cl)CC2. The molecule has 6 heteroatoms. The smallest absolute Gasteiger partial charge is 0.238 e. The zero-order chi connectivity index (χ0) is 18.7. The highest BCUT2D eigenvalue weighted by Crippen LogP contribution is 2.33. The van der Waals surface area contributed by atoms with Crippen molar-refractivity contribution >= 4 is 23.2 Å². The van der Waals surface area contributed by atoms with Crippen molar-refractivity contribution < 1.29 is 14.3 Å². The van der Waals surface area contributed by atoms with Gasteiger partial charge in [0.1, 0.15) is 0 Å². The summed E-state index contributed by atoms with van der Waals surface area (Å²) in [4.78, 5) is 14.5. The zero-order valence-electron chi connectivity index (χ0n) is 15.3. The topological polar surface area (TPSA) is 50.8 Å². The summed E-state index contributed by atoms with van der Waals surface area (Å²) in [6.45, 7) is 3.80. The average Bonchev–Trinajstić information content (AvgIpc) is 2.62. The molecule has 138 valence electrons. The van der Waals surface area contributed by atoms with Crippen LogP contribution in [0.15, 0.2) is 30.3 Å². The summed E-state index contributed by atoms with van der Waals surface area (Å²) in [5.74, 6) is 1.38. The van der Waals surface area contributed by atoms with Gasteiger partial charge in [-0.1, -0.05) is 17.7 Å². The van der Waals surface area contributed by atoms with Gasteiger partial charge in [-0.2, -0.15) is 0 Å². The number of carbonyl (C=O) groups excluding carboxylic acids is 1. The molecule has 0 unspecified atom stereocenters. The van der Waals surface area contributed by atoms with Gasteiger partial charge in [-0.05, 0) is 54.3 Å². The maximum atomic E-state index is 12.4. The van der Waals surface area contributed by atoms with Crippen molar-refractivity contribution in [3.8, 4) is 11.5 Å². The average molecular weight is 375 g/mol. The Balaban J connectivity index is 1.66. The maximum absolute atomic E-state index is 12.4. The Hall–Kier alpha value is -2.24. The molecule has 0 bridgehead atoms. The molecule has 0 radical (unpaired) electrons. The Labute approximate surface area is 158 Å². The highest BCUT2D eigenvalue weighted by molar-refractivity contribution is 6.33. The largest absolute Gasteiger partial charge is 0.493 e. The second-order valence-electron chi connectivity index (χ2n) is 6.47. The molecule has 0 atom stereocenters. The first-order valence-corrected chi connectivity index (χ1v) is 8.90. The van der Waals surface area contributed by atoms with Gasteiger partial charge in [-0.25, -0.2) is 0 Å². The molecule has 0 saturated carbocycles. The number of fused-ring (bicyclic) bond motifs is 1. The van der Waals surface area contributed by atoms with Crippen LogP contribution in [0.4, 0.5) is 5.69 Å². The van der Waals surface area contributed by atoms with Gasteiger partial charge in [-0.15, -0.1) is 0 Å². The molecule has 0 spiro atoms. The third-order valence-electron chi connectivity index (χ3n) is 4.56. The minimum Gasteiger partial charge on any atom is -0.493 e. The summed E-state index contributed by atoms with van der Waals surface area (Å²) in [6.07, 6.45) is 0.869. The monoisotopic (exact) mass is 374 g/mol. The zero-order valence-corrected chi connectivity index (χ0v) is 16.0. The number of hydrogen-bond donors (Lipinski definition) is 1. The fourth-order valence-electron chi connectivity index (χ4n) is 3.19. The number of rotatable bonds is 5. The van der Waals surface area contributed by atoms with Crippen LogP contribution in [0.2, 0.25) is 5.02 Å². The number of halogens is 1. The van der Waals surface area contributed by atoms with Crippen molar-refractivity contribution in [3.63, 3.8) is 0 Å². The molecule has 2 aromatic rings. The van der Waals surface area contributed by atoms with Crippen molar-refractivity contribution in [2.24, 2.45) is 0 Å². The fourth-order valence-corrected chi connectivity index (χ4v) is 3.47. The van der Waals surface area contributed by atoms with E-state index in [0.29, 0.717) is 29.5 Å². The Morgan fingerprint density at radius 1 is 1.15 bits per heavy atom. The molecule has 26 heavy (non-hydrogen) atoms. The Morgan fingerprint density at radius 3 is 2.50 bits per heavy atom. The van der Waals surface area contributed by atoms with Gasteiger partial charge in [0.25, 0.3) is 0 Å². The van der Waals surface area contributed by atoms with Gasteiger partial charge in [0.2, 0.25) is 5.91 Å². The van der Waals surface area contributed by atoms with E-state index in [2.05, 4.69) is 10.2 Å². The first-order chi connectivity index (χ1) is 12.5. The molecule has 1 aliphatic rings. The third kappa shape index (κ3) is 4.11.